The average Bonchev–Trinajstić information content (AvgIpc) is 2.52. The van der Waals surface area contributed by atoms with Crippen molar-refractivity contribution in [3.05, 3.63) is 65.2 Å². The van der Waals surface area contributed by atoms with Crippen molar-refractivity contribution in [3.8, 4) is 0 Å². The van der Waals surface area contributed by atoms with E-state index in [0.29, 0.717) is 0 Å². The summed E-state index contributed by atoms with van der Waals surface area (Å²) in [4.78, 5) is 4.54. The maximum atomic E-state index is 4.54. The van der Waals surface area contributed by atoms with Crippen molar-refractivity contribution in [1.82, 2.24) is 5.43 Å². The van der Waals surface area contributed by atoms with Crippen LogP contribution >= 0.6 is 11.8 Å². The summed E-state index contributed by atoms with van der Waals surface area (Å²) >= 11 is 1.68. The second-order valence-corrected chi connectivity index (χ2v) is 5.97. The molecule has 0 radical (unpaired) electrons. The lowest BCUT2D eigenvalue weighted by molar-refractivity contribution is 1.03. The number of hydrogen-bond donors (Lipinski definition) is 1. The summed E-state index contributed by atoms with van der Waals surface area (Å²) in [5.74, 6) is 0.834. The van der Waals surface area contributed by atoms with E-state index in [-0.39, 0.29) is 0 Å². The second-order valence-electron chi connectivity index (χ2n) is 5.01. The molecule has 1 heterocycles. The smallest absolute Gasteiger partial charge is 0.182 e. The number of amidine groups is 1. The van der Waals surface area contributed by atoms with E-state index in [1.165, 1.54) is 16.7 Å². The first-order valence-corrected chi connectivity index (χ1v) is 7.88. The number of hydrogen-bond acceptors (Lipinski definition) is 3. The third-order valence-electron chi connectivity index (χ3n) is 3.46. The Morgan fingerprint density at radius 3 is 2.52 bits per heavy atom. The summed E-state index contributed by atoms with van der Waals surface area (Å²) < 4.78 is 0. The molecule has 2 aromatic carbocycles. The Balaban J connectivity index is 1.77. The van der Waals surface area contributed by atoms with Gasteiger partial charge < -0.3 is 0 Å². The van der Waals surface area contributed by atoms with Crippen molar-refractivity contribution >= 4 is 28.3 Å². The lowest BCUT2D eigenvalue weighted by Crippen LogP contribution is -2.25. The van der Waals surface area contributed by atoms with Gasteiger partial charge in [-0.2, -0.15) is 5.10 Å². The largest absolute Gasteiger partial charge is 0.255 e. The second kappa shape index (κ2) is 6.14. The van der Waals surface area contributed by atoms with E-state index in [9.17, 15) is 0 Å². The molecule has 0 bridgehead atoms. The van der Waals surface area contributed by atoms with Crippen LogP contribution in [-0.4, -0.2) is 16.6 Å². The molecule has 3 nitrogen and oxygen atoms in total. The number of rotatable bonds is 2. The van der Waals surface area contributed by atoms with E-state index in [4.69, 9.17) is 0 Å². The normalized spacial score (nSPS) is 16.5. The van der Waals surface area contributed by atoms with Gasteiger partial charge in [-0.3, -0.25) is 5.43 Å². The molecule has 0 amide bonds. The van der Waals surface area contributed by atoms with Gasteiger partial charge in [0.15, 0.2) is 5.17 Å². The molecule has 0 fully saturated rings. The first-order chi connectivity index (χ1) is 10.2. The molecule has 21 heavy (non-hydrogen) atoms. The minimum absolute atomic E-state index is 0.834. The van der Waals surface area contributed by atoms with Crippen LogP contribution < -0.4 is 5.43 Å². The summed E-state index contributed by atoms with van der Waals surface area (Å²) in [6.45, 7) is 4.25. The van der Waals surface area contributed by atoms with E-state index in [0.717, 1.165) is 22.3 Å². The van der Waals surface area contributed by atoms with Crippen LogP contribution in [0.2, 0.25) is 0 Å². The van der Waals surface area contributed by atoms with E-state index in [1.807, 2.05) is 30.3 Å². The fourth-order valence-electron chi connectivity index (χ4n) is 2.06. The Bertz CT molecular complexity index is 705. The highest BCUT2D eigenvalue weighted by atomic mass is 32.2. The van der Waals surface area contributed by atoms with Gasteiger partial charge in [0, 0.05) is 5.75 Å². The number of thioether (sulfide) groups is 1. The van der Waals surface area contributed by atoms with Gasteiger partial charge in [0.25, 0.3) is 0 Å². The quantitative estimate of drug-likeness (QED) is 0.908. The van der Waals surface area contributed by atoms with E-state index >= 15 is 0 Å². The molecule has 0 atom stereocenters. The van der Waals surface area contributed by atoms with Gasteiger partial charge in [0.1, 0.15) is 0 Å². The maximum Gasteiger partial charge on any atom is 0.182 e. The van der Waals surface area contributed by atoms with Crippen LogP contribution in [-0.2, 0) is 0 Å². The highest BCUT2D eigenvalue weighted by molar-refractivity contribution is 8.14. The third kappa shape index (κ3) is 3.34. The van der Waals surface area contributed by atoms with Crippen LogP contribution in [0.15, 0.2) is 58.6 Å². The fourth-order valence-corrected chi connectivity index (χ4v) is 2.85. The molecule has 2 aromatic rings. The molecular weight excluding hydrogens is 278 g/mol. The van der Waals surface area contributed by atoms with Gasteiger partial charge in [-0.1, -0.05) is 42.1 Å². The molecule has 0 saturated carbocycles. The van der Waals surface area contributed by atoms with Gasteiger partial charge in [-0.25, -0.2) is 4.99 Å². The topological polar surface area (TPSA) is 36.8 Å². The molecule has 1 N–H and O–H groups in total. The number of hydrazone groups is 1. The van der Waals surface area contributed by atoms with Crippen molar-refractivity contribution < 1.29 is 0 Å². The van der Waals surface area contributed by atoms with E-state index < -0.39 is 0 Å². The summed E-state index contributed by atoms with van der Waals surface area (Å²) in [6, 6.07) is 16.4. The van der Waals surface area contributed by atoms with Crippen LogP contribution in [0.25, 0.3) is 0 Å². The van der Waals surface area contributed by atoms with Gasteiger partial charge in [0.05, 0.1) is 11.4 Å². The molecule has 1 aliphatic heterocycles. The van der Waals surface area contributed by atoms with Crippen LogP contribution in [0, 0.1) is 13.8 Å². The number of aliphatic imine (C=N–C) groups is 1. The summed E-state index contributed by atoms with van der Waals surface area (Å²) in [5.41, 5.74) is 8.84. The number of nitrogens with zero attached hydrogens (tertiary/aromatic N) is 2. The number of para-hydroxylation sites is 1. The Morgan fingerprint density at radius 1 is 1.05 bits per heavy atom. The molecule has 0 spiro atoms. The SMILES string of the molecule is Cc1ccc(C2=NNC(=Nc3ccccc3)SC2)cc1C. The summed E-state index contributed by atoms with van der Waals surface area (Å²) in [6.07, 6.45) is 0. The van der Waals surface area contributed by atoms with Crippen LogP contribution in [0.4, 0.5) is 5.69 Å². The van der Waals surface area contributed by atoms with Crippen molar-refractivity contribution in [2.45, 2.75) is 13.8 Å². The van der Waals surface area contributed by atoms with Crippen LogP contribution in [0.3, 0.4) is 0 Å². The summed E-state index contributed by atoms with van der Waals surface area (Å²) in [5, 5.41) is 5.30. The van der Waals surface area contributed by atoms with E-state index in [1.54, 1.807) is 11.8 Å². The molecule has 106 valence electrons. The molecule has 3 rings (SSSR count). The van der Waals surface area contributed by atoms with Gasteiger partial charge in [-0.15, -0.1) is 0 Å². The Morgan fingerprint density at radius 2 is 1.86 bits per heavy atom. The highest BCUT2D eigenvalue weighted by Crippen LogP contribution is 2.19. The monoisotopic (exact) mass is 295 g/mol. The molecule has 1 aliphatic rings. The predicted octanol–water partition coefficient (Wildman–Crippen LogP) is 4.03. The van der Waals surface area contributed by atoms with E-state index in [2.05, 4.69) is 47.6 Å². The minimum Gasteiger partial charge on any atom is -0.255 e. The summed E-state index contributed by atoms with van der Waals surface area (Å²) in [7, 11) is 0. The third-order valence-corrected chi connectivity index (χ3v) is 4.33. The highest BCUT2D eigenvalue weighted by Gasteiger charge is 2.13. The zero-order valence-corrected chi connectivity index (χ0v) is 12.9. The fraction of sp³-hybridized carbons (Fsp3) is 0.176. The minimum atomic E-state index is 0.834. The molecule has 4 heteroatoms. The van der Waals surface area contributed by atoms with Crippen molar-refractivity contribution in [3.63, 3.8) is 0 Å². The first-order valence-electron chi connectivity index (χ1n) is 6.89. The zero-order chi connectivity index (χ0) is 14.7. The van der Waals surface area contributed by atoms with Crippen LogP contribution in [0.5, 0.6) is 0 Å². The number of aryl methyl sites for hydroxylation is 2. The average molecular weight is 295 g/mol. The first kappa shape index (κ1) is 13.9. The molecule has 0 aromatic heterocycles. The number of benzene rings is 2. The predicted molar refractivity (Wildman–Crippen MR) is 91.6 cm³/mol. The molecule has 0 unspecified atom stereocenters. The van der Waals surface area contributed by atoms with Crippen molar-refractivity contribution in [1.29, 1.82) is 0 Å². The van der Waals surface area contributed by atoms with Gasteiger partial charge in [-0.05, 0) is 48.7 Å². The zero-order valence-electron chi connectivity index (χ0n) is 12.1. The lowest BCUT2D eigenvalue weighted by atomic mass is 10.0. The number of nitrogens with one attached hydrogen (secondary N) is 1. The molecule has 0 aliphatic carbocycles. The Labute approximate surface area is 129 Å². The Hall–Kier alpha value is -2.07. The molecular formula is C17H17N3S. The van der Waals surface area contributed by atoms with Gasteiger partial charge in [0.2, 0.25) is 0 Å². The maximum absolute atomic E-state index is 4.54. The van der Waals surface area contributed by atoms with Crippen molar-refractivity contribution in [2.24, 2.45) is 10.1 Å². The molecule has 0 saturated heterocycles. The standard InChI is InChI=1S/C17H17N3S/c1-12-8-9-14(10-13(12)2)16-11-21-17(20-19-16)18-15-6-4-3-5-7-15/h3-10H,11H2,1-2H3,(H,18,20). The van der Waals surface area contributed by atoms with Crippen LogP contribution in [0.1, 0.15) is 16.7 Å². The Kier molecular flexibility index (Phi) is 4.06. The van der Waals surface area contributed by atoms with Gasteiger partial charge >= 0.3 is 0 Å². The van der Waals surface area contributed by atoms with Crippen molar-refractivity contribution in [2.75, 3.05) is 5.75 Å². The lowest BCUT2D eigenvalue weighted by Gasteiger charge is -2.15.